The van der Waals surface area contributed by atoms with Gasteiger partial charge in [0.15, 0.2) is 12.4 Å². The van der Waals surface area contributed by atoms with E-state index in [0.717, 1.165) is 5.69 Å². The summed E-state index contributed by atoms with van der Waals surface area (Å²) in [7, 11) is 0. The van der Waals surface area contributed by atoms with Gasteiger partial charge in [0.1, 0.15) is 6.42 Å². The molecule has 0 saturated heterocycles. The van der Waals surface area contributed by atoms with E-state index in [9.17, 15) is 9.59 Å². The Morgan fingerprint density at radius 3 is 2.43 bits per heavy atom. The second-order valence-corrected chi connectivity index (χ2v) is 5.96. The molecule has 0 bridgehead atoms. The lowest BCUT2D eigenvalue weighted by atomic mass is 10.2. The van der Waals surface area contributed by atoms with E-state index >= 15 is 0 Å². The number of carbonyl (C=O) groups excluding carboxylic acids is 2. The van der Waals surface area contributed by atoms with E-state index in [4.69, 9.17) is 15.7 Å². The Morgan fingerprint density at radius 2 is 1.73 bits per heavy atom. The van der Waals surface area contributed by atoms with Gasteiger partial charge in [-0.2, -0.15) is 20.2 Å². The fourth-order valence-electron chi connectivity index (χ4n) is 2.39. The van der Waals surface area contributed by atoms with Crippen LogP contribution in [0.3, 0.4) is 0 Å². The number of hydrogen-bond donors (Lipinski definition) is 3. The SMILES string of the molecule is N#CCC(=O)Nc1ccc(C(=O)OCc2nc(N)nc(Nc3ccccc3)n2)cc1. The van der Waals surface area contributed by atoms with Crippen LogP contribution in [0.2, 0.25) is 0 Å². The van der Waals surface area contributed by atoms with Crippen molar-refractivity contribution in [3.05, 3.63) is 66.0 Å². The van der Waals surface area contributed by atoms with Crippen LogP contribution in [0, 0.1) is 11.3 Å². The van der Waals surface area contributed by atoms with Crippen LogP contribution in [0.5, 0.6) is 0 Å². The number of nitrogen functional groups attached to an aromatic ring is 1. The molecule has 3 aromatic rings. The standard InChI is InChI=1S/C20H17N7O3/c21-11-10-17(28)23-15-8-6-13(7-9-15)18(29)30-12-16-25-19(22)27-20(26-16)24-14-4-2-1-3-5-14/h1-9H,10,12H2,(H,23,28)(H3,22,24,25,26,27). The number of nitrogens with one attached hydrogen (secondary N) is 2. The molecule has 0 saturated carbocycles. The lowest BCUT2D eigenvalue weighted by molar-refractivity contribution is -0.115. The number of carbonyl (C=O) groups is 2. The molecule has 1 amide bonds. The zero-order chi connectivity index (χ0) is 21.3. The summed E-state index contributed by atoms with van der Waals surface area (Å²) >= 11 is 0. The normalized spacial score (nSPS) is 9.97. The molecule has 4 N–H and O–H groups in total. The van der Waals surface area contributed by atoms with Gasteiger partial charge in [0, 0.05) is 11.4 Å². The number of hydrogen-bond acceptors (Lipinski definition) is 9. The van der Waals surface area contributed by atoms with Gasteiger partial charge in [-0.1, -0.05) is 18.2 Å². The highest BCUT2D eigenvalue weighted by Gasteiger charge is 2.11. The number of nitrogens with two attached hydrogens (primary N) is 1. The molecular formula is C20H17N7O3. The summed E-state index contributed by atoms with van der Waals surface area (Å²) in [6.45, 7) is -0.199. The van der Waals surface area contributed by atoms with E-state index in [1.165, 1.54) is 24.3 Å². The van der Waals surface area contributed by atoms with Gasteiger partial charge >= 0.3 is 5.97 Å². The molecule has 1 heterocycles. The van der Waals surface area contributed by atoms with Crippen molar-refractivity contribution in [3.63, 3.8) is 0 Å². The molecule has 0 fully saturated rings. The zero-order valence-corrected chi connectivity index (χ0v) is 15.7. The van der Waals surface area contributed by atoms with Crippen molar-refractivity contribution in [1.29, 1.82) is 5.26 Å². The minimum Gasteiger partial charge on any atom is -0.454 e. The highest BCUT2D eigenvalue weighted by atomic mass is 16.5. The molecule has 30 heavy (non-hydrogen) atoms. The molecule has 0 spiro atoms. The molecule has 0 atom stereocenters. The predicted molar refractivity (Wildman–Crippen MR) is 108 cm³/mol. The van der Waals surface area contributed by atoms with Gasteiger partial charge in [-0.05, 0) is 36.4 Å². The van der Waals surface area contributed by atoms with Crippen molar-refractivity contribution < 1.29 is 14.3 Å². The first-order valence-electron chi connectivity index (χ1n) is 8.80. The third kappa shape index (κ3) is 5.74. The Morgan fingerprint density at radius 1 is 1.00 bits per heavy atom. The smallest absolute Gasteiger partial charge is 0.338 e. The largest absolute Gasteiger partial charge is 0.454 e. The summed E-state index contributed by atoms with van der Waals surface area (Å²) < 4.78 is 5.23. The number of aromatic nitrogens is 3. The molecule has 0 aliphatic rings. The lowest BCUT2D eigenvalue weighted by Crippen LogP contribution is -2.12. The Labute approximate surface area is 171 Å². The van der Waals surface area contributed by atoms with Crippen LogP contribution in [0.1, 0.15) is 22.6 Å². The van der Waals surface area contributed by atoms with E-state index in [1.54, 1.807) is 6.07 Å². The number of anilines is 4. The first kappa shape index (κ1) is 20.2. The second kappa shape index (κ2) is 9.61. The summed E-state index contributed by atoms with van der Waals surface area (Å²) in [6.07, 6.45) is -0.250. The average Bonchev–Trinajstić information content (AvgIpc) is 2.73. The van der Waals surface area contributed by atoms with Crippen molar-refractivity contribution in [2.75, 3.05) is 16.4 Å². The van der Waals surface area contributed by atoms with Crippen molar-refractivity contribution in [1.82, 2.24) is 15.0 Å². The molecule has 1 aromatic heterocycles. The van der Waals surface area contributed by atoms with Gasteiger partial charge in [0.2, 0.25) is 17.8 Å². The van der Waals surface area contributed by atoms with Gasteiger partial charge < -0.3 is 21.1 Å². The van der Waals surface area contributed by atoms with E-state index in [-0.39, 0.29) is 36.3 Å². The number of nitriles is 1. The maximum atomic E-state index is 12.2. The lowest BCUT2D eigenvalue weighted by Gasteiger charge is -2.08. The molecule has 3 rings (SSSR count). The van der Waals surface area contributed by atoms with E-state index in [0.29, 0.717) is 5.69 Å². The van der Waals surface area contributed by atoms with Crippen LogP contribution >= 0.6 is 0 Å². The third-order valence-electron chi connectivity index (χ3n) is 3.71. The van der Waals surface area contributed by atoms with Gasteiger partial charge in [-0.3, -0.25) is 4.79 Å². The number of amides is 1. The van der Waals surface area contributed by atoms with E-state index < -0.39 is 11.9 Å². The Kier molecular flexibility index (Phi) is 6.48. The maximum absolute atomic E-state index is 12.2. The molecule has 0 unspecified atom stereocenters. The molecule has 0 aliphatic heterocycles. The van der Waals surface area contributed by atoms with Crippen molar-refractivity contribution >= 4 is 35.1 Å². The molecule has 10 nitrogen and oxygen atoms in total. The highest BCUT2D eigenvalue weighted by Crippen LogP contribution is 2.14. The molecule has 2 aromatic carbocycles. The topological polar surface area (TPSA) is 156 Å². The summed E-state index contributed by atoms with van der Waals surface area (Å²) in [5.74, 6) is -0.611. The van der Waals surface area contributed by atoms with Gasteiger partial charge in [-0.15, -0.1) is 0 Å². The Bertz CT molecular complexity index is 1080. The fraction of sp³-hybridized carbons (Fsp3) is 0.100. The maximum Gasteiger partial charge on any atom is 0.338 e. The predicted octanol–water partition coefficient (Wildman–Crippen LogP) is 2.41. The summed E-state index contributed by atoms with van der Waals surface area (Å²) in [5.41, 5.74) is 7.22. The van der Waals surface area contributed by atoms with E-state index in [2.05, 4.69) is 25.6 Å². The van der Waals surface area contributed by atoms with E-state index in [1.807, 2.05) is 30.3 Å². The second-order valence-electron chi connectivity index (χ2n) is 5.96. The number of nitrogens with zero attached hydrogens (tertiary/aromatic N) is 4. The number of benzene rings is 2. The minimum absolute atomic E-state index is 0.00746. The zero-order valence-electron chi connectivity index (χ0n) is 15.7. The molecule has 0 aliphatic carbocycles. The fourth-order valence-corrected chi connectivity index (χ4v) is 2.39. The molecule has 0 radical (unpaired) electrons. The summed E-state index contributed by atoms with van der Waals surface area (Å²) in [6, 6.07) is 17.1. The van der Waals surface area contributed by atoms with Crippen molar-refractivity contribution in [2.24, 2.45) is 0 Å². The Balaban J connectivity index is 1.60. The summed E-state index contributed by atoms with van der Waals surface area (Å²) in [4.78, 5) is 35.8. The number of para-hydroxylation sites is 1. The summed E-state index contributed by atoms with van der Waals surface area (Å²) in [5, 5.41) is 14.0. The number of ether oxygens (including phenoxy) is 1. The quantitative estimate of drug-likeness (QED) is 0.504. The van der Waals surface area contributed by atoms with Crippen LogP contribution < -0.4 is 16.4 Å². The minimum atomic E-state index is -0.596. The molecular weight excluding hydrogens is 386 g/mol. The van der Waals surface area contributed by atoms with Crippen molar-refractivity contribution in [3.8, 4) is 6.07 Å². The average molecular weight is 403 g/mol. The first-order chi connectivity index (χ1) is 14.5. The van der Waals surface area contributed by atoms with Crippen molar-refractivity contribution in [2.45, 2.75) is 13.0 Å². The van der Waals surface area contributed by atoms with Gasteiger partial charge in [-0.25, -0.2) is 4.79 Å². The van der Waals surface area contributed by atoms with Crippen LogP contribution in [0.25, 0.3) is 0 Å². The van der Waals surface area contributed by atoms with Crippen LogP contribution in [-0.4, -0.2) is 26.8 Å². The van der Waals surface area contributed by atoms with Gasteiger partial charge in [0.25, 0.3) is 0 Å². The van der Waals surface area contributed by atoms with Crippen LogP contribution in [-0.2, 0) is 16.1 Å². The Hall–Kier alpha value is -4.52. The number of rotatable bonds is 7. The monoisotopic (exact) mass is 403 g/mol. The van der Waals surface area contributed by atoms with Crippen LogP contribution in [0.4, 0.5) is 23.3 Å². The van der Waals surface area contributed by atoms with Crippen LogP contribution in [0.15, 0.2) is 54.6 Å². The molecule has 150 valence electrons. The number of esters is 1. The highest BCUT2D eigenvalue weighted by molar-refractivity contribution is 5.93. The third-order valence-corrected chi connectivity index (χ3v) is 3.71. The molecule has 10 heteroatoms. The van der Waals surface area contributed by atoms with Gasteiger partial charge in [0.05, 0.1) is 11.6 Å². The first-order valence-corrected chi connectivity index (χ1v) is 8.80.